The van der Waals surface area contributed by atoms with Gasteiger partial charge in [-0.1, -0.05) is 77.0 Å². The quantitative estimate of drug-likeness (QED) is 0.278. The topological polar surface area (TPSA) is 55.4 Å². The molecule has 7 aliphatic rings. The average Bonchev–Trinajstić information content (AvgIpc) is 3.05. The van der Waals surface area contributed by atoms with Gasteiger partial charge in [0.2, 0.25) is 0 Å². The summed E-state index contributed by atoms with van der Waals surface area (Å²) in [6, 6.07) is 0. The zero-order chi connectivity index (χ0) is 29.2. The normalized spacial score (nSPS) is 47.4. The van der Waals surface area contributed by atoms with Gasteiger partial charge in [0.05, 0.1) is 60.0 Å². The Labute approximate surface area is 262 Å². The van der Waals surface area contributed by atoms with Crippen molar-refractivity contribution < 1.29 is 28.4 Å². The smallest absolute Gasteiger partial charge is 0.0971 e. The molecule has 6 saturated carbocycles. The van der Waals surface area contributed by atoms with Crippen molar-refractivity contribution >= 4 is 0 Å². The maximum absolute atomic E-state index is 7.07. The molecule has 0 aromatic carbocycles. The Morgan fingerprint density at radius 2 is 0.349 bits per heavy atom. The van der Waals surface area contributed by atoms with Crippen LogP contribution in [0.1, 0.15) is 161 Å². The molecule has 246 valence electrons. The van der Waals surface area contributed by atoms with Crippen LogP contribution in [0.3, 0.4) is 0 Å². The highest BCUT2D eigenvalue weighted by Gasteiger charge is 2.59. The summed E-state index contributed by atoms with van der Waals surface area (Å²) in [5, 5.41) is 0. The van der Waals surface area contributed by atoms with Crippen LogP contribution in [0, 0.1) is 0 Å². The Balaban J connectivity index is 1.16. The fraction of sp³-hybridized carbons (Fsp3) is 1.00. The van der Waals surface area contributed by atoms with Crippen LogP contribution in [0.4, 0.5) is 0 Å². The number of rotatable bonds is 0. The third kappa shape index (κ3) is 5.58. The molecule has 0 amide bonds. The second-order valence-corrected chi connectivity index (χ2v) is 15.7. The molecule has 0 radical (unpaired) electrons. The minimum absolute atomic E-state index is 0.145. The van der Waals surface area contributed by atoms with E-state index in [1.807, 2.05) is 0 Å². The minimum Gasteiger partial charge on any atom is -0.372 e. The first-order chi connectivity index (χ1) is 21.1. The molecule has 0 unspecified atom stereocenters. The summed E-state index contributed by atoms with van der Waals surface area (Å²) in [7, 11) is 0. The lowest BCUT2D eigenvalue weighted by atomic mass is 9.63. The summed E-state index contributed by atoms with van der Waals surface area (Å²) in [5.41, 5.74) is -0.963. The van der Waals surface area contributed by atoms with Gasteiger partial charge in [-0.25, -0.2) is 0 Å². The molecule has 43 heavy (non-hydrogen) atoms. The first-order valence-corrected chi connectivity index (χ1v) is 18.9. The molecule has 1 saturated heterocycles. The van der Waals surface area contributed by atoms with E-state index in [1.54, 1.807) is 0 Å². The maximum atomic E-state index is 7.07. The molecule has 0 aromatic rings. The fourth-order valence-electron chi connectivity index (χ4n) is 11.6. The van der Waals surface area contributed by atoms with E-state index in [1.165, 1.54) is 77.0 Å². The van der Waals surface area contributed by atoms with E-state index in [0.717, 1.165) is 96.7 Å². The second kappa shape index (κ2) is 13.1. The van der Waals surface area contributed by atoms with Crippen LogP contribution in [-0.2, 0) is 28.4 Å². The van der Waals surface area contributed by atoms with Gasteiger partial charge < -0.3 is 28.4 Å². The van der Waals surface area contributed by atoms with E-state index in [9.17, 15) is 0 Å². The predicted molar refractivity (Wildman–Crippen MR) is 168 cm³/mol. The summed E-state index contributed by atoms with van der Waals surface area (Å²) in [6.07, 6.45) is 29.5. The van der Waals surface area contributed by atoms with Gasteiger partial charge in [0, 0.05) is 13.2 Å². The van der Waals surface area contributed by atoms with Crippen molar-refractivity contribution in [2.75, 3.05) is 39.6 Å². The van der Waals surface area contributed by atoms with Crippen LogP contribution in [0.5, 0.6) is 0 Å². The summed E-state index contributed by atoms with van der Waals surface area (Å²) >= 11 is 0. The van der Waals surface area contributed by atoms with Gasteiger partial charge in [-0.15, -0.1) is 0 Å². The third-order valence-corrected chi connectivity index (χ3v) is 13.7. The standard InChI is InChI=1S/C37H62O6/c1-5-18-34-19-6-2-15-32(34,14-1)38-26-13-27-39-33-16-3-7-20-35(33,21-8-4-17-33)41-29-31-43-37-24-11-9-22-36(37,23-10-12-25-37)42-30-28-40-34/h1-31H2. The number of hydrogen-bond acceptors (Lipinski definition) is 6. The zero-order valence-electron chi connectivity index (χ0n) is 27.4. The highest BCUT2D eigenvalue weighted by Crippen LogP contribution is 2.55. The summed E-state index contributed by atoms with van der Waals surface area (Å²) in [6.45, 7) is 4.20. The largest absolute Gasteiger partial charge is 0.372 e. The van der Waals surface area contributed by atoms with E-state index in [-0.39, 0.29) is 33.6 Å². The third-order valence-electron chi connectivity index (χ3n) is 13.7. The SMILES string of the molecule is C1COC23CCCCC2(CCCC3)OCCOC23CCCCC2(CCCC3)OCCOC23CCCCC2(CCCC3)OC1. The lowest BCUT2D eigenvalue weighted by Crippen LogP contribution is -2.63. The van der Waals surface area contributed by atoms with Crippen molar-refractivity contribution in [3.63, 3.8) is 0 Å². The Kier molecular flexibility index (Phi) is 9.56. The van der Waals surface area contributed by atoms with Crippen LogP contribution in [0.25, 0.3) is 0 Å². The lowest BCUT2D eigenvalue weighted by Gasteiger charge is -2.57. The van der Waals surface area contributed by atoms with Gasteiger partial charge in [0.1, 0.15) is 0 Å². The van der Waals surface area contributed by atoms with Gasteiger partial charge in [0.15, 0.2) is 0 Å². The molecule has 1 heterocycles. The molecule has 0 N–H and O–H groups in total. The van der Waals surface area contributed by atoms with Gasteiger partial charge >= 0.3 is 0 Å². The molecule has 6 heteroatoms. The van der Waals surface area contributed by atoms with Crippen molar-refractivity contribution in [2.45, 2.75) is 194 Å². The zero-order valence-corrected chi connectivity index (χ0v) is 27.4. The van der Waals surface area contributed by atoms with Crippen molar-refractivity contribution in [1.29, 1.82) is 0 Å². The van der Waals surface area contributed by atoms with E-state index in [2.05, 4.69) is 0 Å². The second-order valence-electron chi connectivity index (χ2n) is 15.7. The molecule has 0 spiro atoms. The first kappa shape index (κ1) is 31.4. The van der Waals surface area contributed by atoms with Crippen LogP contribution in [0.15, 0.2) is 0 Å². The molecule has 0 atom stereocenters. The fourth-order valence-corrected chi connectivity index (χ4v) is 11.6. The Bertz CT molecular complexity index is 809. The molecule has 7 fully saturated rings. The number of hydrogen-bond donors (Lipinski definition) is 0. The van der Waals surface area contributed by atoms with Gasteiger partial charge in [0.25, 0.3) is 0 Å². The van der Waals surface area contributed by atoms with E-state index >= 15 is 0 Å². The molecule has 6 nitrogen and oxygen atoms in total. The summed E-state index contributed by atoms with van der Waals surface area (Å²) in [4.78, 5) is 0. The van der Waals surface area contributed by atoms with Crippen molar-refractivity contribution in [3.05, 3.63) is 0 Å². The Morgan fingerprint density at radius 3 is 0.535 bits per heavy atom. The minimum atomic E-state index is -0.180. The molecule has 6 aliphatic carbocycles. The average molecular weight is 603 g/mol. The van der Waals surface area contributed by atoms with Crippen LogP contribution in [-0.4, -0.2) is 73.2 Å². The van der Waals surface area contributed by atoms with Crippen LogP contribution >= 0.6 is 0 Å². The summed E-state index contributed by atoms with van der Waals surface area (Å²) in [5.74, 6) is 0. The molecule has 7 rings (SSSR count). The molecule has 0 aromatic heterocycles. The molecule has 1 aliphatic heterocycles. The van der Waals surface area contributed by atoms with Crippen LogP contribution in [0.2, 0.25) is 0 Å². The van der Waals surface area contributed by atoms with Gasteiger partial charge in [-0.2, -0.15) is 0 Å². The number of ether oxygens (including phenoxy) is 6. The lowest BCUT2D eigenvalue weighted by molar-refractivity contribution is -0.275. The maximum Gasteiger partial charge on any atom is 0.0971 e. The van der Waals surface area contributed by atoms with Crippen LogP contribution < -0.4 is 0 Å². The highest BCUT2D eigenvalue weighted by atomic mass is 16.6. The van der Waals surface area contributed by atoms with Gasteiger partial charge in [-0.3, -0.25) is 0 Å². The summed E-state index contributed by atoms with van der Waals surface area (Å²) < 4.78 is 42.3. The first-order valence-electron chi connectivity index (χ1n) is 18.9. The molecular weight excluding hydrogens is 540 g/mol. The van der Waals surface area contributed by atoms with Crippen molar-refractivity contribution in [3.8, 4) is 0 Å². The molecular formula is C37H62O6. The monoisotopic (exact) mass is 602 g/mol. The van der Waals surface area contributed by atoms with E-state index in [4.69, 9.17) is 28.4 Å². The van der Waals surface area contributed by atoms with E-state index < -0.39 is 0 Å². The molecule has 0 bridgehead atoms. The van der Waals surface area contributed by atoms with Gasteiger partial charge in [-0.05, 0) is 83.5 Å². The van der Waals surface area contributed by atoms with Crippen molar-refractivity contribution in [1.82, 2.24) is 0 Å². The highest BCUT2D eigenvalue weighted by molar-refractivity contribution is 5.10. The Hall–Kier alpha value is -0.240. The predicted octanol–water partition coefficient (Wildman–Crippen LogP) is 8.37. The van der Waals surface area contributed by atoms with E-state index in [0.29, 0.717) is 26.4 Å². The Morgan fingerprint density at radius 1 is 0.186 bits per heavy atom. The van der Waals surface area contributed by atoms with Crippen molar-refractivity contribution in [2.24, 2.45) is 0 Å².